The molecule has 0 fully saturated rings. The van der Waals surface area contributed by atoms with Crippen molar-refractivity contribution in [3.8, 4) is 22.3 Å². The Bertz CT molecular complexity index is 795. The van der Waals surface area contributed by atoms with Gasteiger partial charge < -0.3 is 9.84 Å². The Kier molecular flexibility index (Phi) is 3.26. The van der Waals surface area contributed by atoms with Crippen molar-refractivity contribution in [3.63, 3.8) is 0 Å². The predicted molar refractivity (Wildman–Crippen MR) is 87.1 cm³/mol. The molecular formula is C20H16O2. The molecule has 3 aromatic carbocycles. The first-order valence-electron chi connectivity index (χ1n) is 7.41. The number of fused-ring (bicyclic) bond motifs is 1. The molecule has 0 aromatic heterocycles. The molecule has 0 unspecified atom stereocenters. The van der Waals surface area contributed by atoms with Crippen LogP contribution in [0.3, 0.4) is 0 Å². The van der Waals surface area contributed by atoms with E-state index in [1.54, 1.807) is 0 Å². The molecule has 2 heteroatoms. The summed E-state index contributed by atoms with van der Waals surface area (Å²) in [5, 5.41) is 10.3. The third kappa shape index (κ3) is 2.13. The van der Waals surface area contributed by atoms with Gasteiger partial charge >= 0.3 is 0 Å². The van der Waals surface area contributed by atoms with Gasteiger partial charge in [-0.25, -0.2) is 0 Å². The fourth-order valence-electron chi connectivity index (χ4n) is 3.11. The zero-order valence-corrected chi connectivity index (χ0v) is 12.1. The zero-order chi connectivity index (χ0) is 14.9. The molecule has 3 aromatic rings. The number of ether oxygens (including phenoxy) is 1. The first kappa shape index (κ1) is 13.3. The van der Waals surface area contributed by atoms with Gasteiger partial charge in [-0.05, 0) is 27.8 Å². The largest absolute Gasteiger partial charge is 0.364 e. The highest BCUT2D eigenvalue weighted by Crippen LogP contribution is 2.41. The minimum atomic E-state index is -0.853. The quantitative estimate of drug-likeness (QED) is 0.750. The zero-order valence-electron chi connectivity index (χ0n) is 12.1. The van der Waals surface area contributed by atoms with E-state index in [-0.39, 0.29) is 0 Å². The molecule has 1 N–H and O–H groups in total. The van der Waals surface area contributed by atoms with E-state index >= 15 is 0 Å². The van der Waals surface area contributed by atoms with Gasteiger partial charge in [-0.2, -0.15) is 0 Å². The second-order valence-electron chi connectivity index (χ2n) is 5.45. The molecule has 0 spiro atoms. The number of aliphatic hydroxyl groups is 1. The van der Waals surface area contributed by atoms with E-state index in [2.05, 4.69) is 36.4 Å². The van der Waals surface area contributed by atoms with Gasteiger partial charge in [-0.15, -0.1) is 0 Å². The van der Waals surface area contributed by atoms with E-state index in [0.717, 1.165) is 33.4 Å². The van der Waals surface area contributed by atoms with Gasteiger partial charge in [0.15, 0.2) is 6.29 Å². The molecule has 1 heterocycles. The summed E-state index contributed by atoms with van der Waals surface area (Å²) in [4.78, 5) is 0. The average molecular weight is 288 g/mol. The highest BCUT2D eigenvalue weighted by Gasteiger charge is 2.27. The molecule has 1 aliphatic rings. The van der Waals surface area contributed by atoms with Crippen LogP contribution in [0.25, 0.3) is 22.3 Å². The van der Waals surface area contributed by atoms with Crippen LogP contribution in [0.15, 0.2) is 72.8 Å². The predicted octanol–water partition coefficient (Wildman–Crippen LogP) is 4.54. The fraction of sp³-hybridized carbons (Fsp3) is 0.100. The molecule has 0 amide bonds. The average Bonchev–Trinajstić information content (AvgIpc) is 2.98. The molecule has 0 saturated heterocycles. The molecule has 22 heavy (non-hydrogen) atoms. The van der Waals surface area contributed by atoms with Crippen molar-refractivity contribution in [1.29, 1.82) is 0 Å². The Morgan fingerprint density at radius 3 is 1.91 bits per heavy atom. The van der Waals surface area contributed by atoms with E-state index in [9.17, 15) is 5.11 Å². The summed E-state index contributed by atoms with van der Waals surface area (Å²) in [6.07, 6.45) is -0.853. The van der Waals surface area contributed by atoms with E-state index in [0.29, 0.717) is 6.61 Å². The van der Waals surface area contributed by atoms with Crippen LogP contribution in [0, 0.1) is 0 Å². The maximum atomic E-state index is 10.3. The van der Waals surface area contributed by atoms with Gasteiger partial charge in [0.1, 0.15) is 0 Å². The summed E-state index contributed by atoms with van der Waals surface area (Å²) in [5.41, 5.74) is 6.40. The number of aliphatic hydroxyl groups excluding tert-OH is 1. The Labute approximate surface area is 129 Å². The molecule has 1 aliphatic heterocycles. The van der Waals surface area contributed by atoms with Crippen molar-refractivity contribution >= 4 is 0 Å². The Morgan fingerprint density at radius 1 is 0.727 bits per heavy atom. The van der Waals surface area contributed by atoms with Gasteiger partial charge in [0.25, 0.3) is 0 Å². The molecule has 4 rings (SSSR count). The van der Waals surface area contributed by atoms with Crippen molar-refractivity contribution < 1.29 is 9.84 Å². The lowest BCUT2D eigenvalue weighted by molar-refractivity contribution is -0.0915. The van der Waals surface area contributed by atoms with Gasteiger partial charge in [0.2, 0.25) is 0 Å². The third-order valence-electron chi connectivity index (χ3n) is 4.16. The van der Waals surface area contributed by atoms with Crippen LogP contribution in [-0.4, -0.2) is 5.11 Å². The monoisotopic (exact) mass is 288 g/mol. The molecule has 108 valence electrons. The molecule has 2 nitrogen and oxygen atoms in total. The maximum Gasteiger partial charge on any atom is 0.182 e. The van der Waals surface area contributed by atoms with Crippen LogP contribution >= 0.6 is 0 Å². The summed E-state index contributed by atoms with van der Waals surface area (Å²) in [6.45, 7) is 0.446. The lowest BCUT2D eigenvalue weighted by Crippen LogP contribution is -1.97. The Hall–Kier alpha value is -2.42. The summed E-state index contributed by atoms with van der Waals surface area (Å²) in [7, 11) is 0. The van der Waals surface area contributed by atoms with Gasteiger partial charge in [0.05, 0.1) is 6.61 Å². The lowest BCUT2D eigenvalue weighted by atomic mass is 9.90. The highest BCUT2D eigenvalue weighted by molar-refractivity contribution is 5.78. The molecule has 0 bridgehead atoms. The van der Waals surface area contributed by atoms with Crippen LogP contribution in [0.2, 0.25) is 0 Å². The Balaban J connectivity index is 1.93. The first-order chi connectivity index (χ1) is 10.8. The van der Waals surface area contributed by atoms with Crippen molar-refractivity contribution in [2.75, 3.05) is 0 Å². The SMILES string of the molecule is O[C@@H]1OCc2c(-c3ccccc3)ccc(-c3ccccc3)c21. The van der Waals surface area contributed by atoms with Crippen molar-refractivity contribution in [3.05, 3.63) is 83.9 Å². The molecular weight excluding hydrogens is 272 g/mol. The fourth-order valence-corrected chi connectivity index (χ4v) is 3.11. The smallest absolute Gasteiger partial charge is 0.182 e. The lowest BCUT2D eigenvalue weighted by Gasteiger charge is -2.14. The number of benzene rings is 3. The third-order valence-corrected chi connectivity index (χ3v) is 4.16. The summed E-state index contributed by atoms with van der Waals surface area (Å²) < 4.78 is 5.50. The second kappa shape index (κ2) is 5.41. The van der Waals surface area contributed by atoms with Crippen LogP contribution in [0.1, 0.15) is 17.4 Å². The first-order valence-corrected chi connectivity index (χ1v) is 7.41. The maximum absolute atomic E-state index is 10.3. The number of hydrogen-bond donors (Lipinski definition) is 1. The van der Waals surface area contributed by atoms with Crippen LogP contribution in [0.4, 0.5) is 0 Å². The molecule has 1 atom stereocenters. The van der Waals surface area contributed by atoms with Gasteiger partial charge in [-0.1, -0.05) is 72.8 Å². The summed E-state index contributed by atoms with van der Waals surface area (Å²) in [5.74, 6) is 0. The van der Waals surface area contributed by atoms with E-state index in [1.165, 1.54) is 0 Å². The molecule has 0 saturated carbocycles. The van der Waals surface area contributed by atoms with Crippen LogP contribution in [0.5, 0.6) is 0 Å². The number of rotatable bonds is 2. The minimum absolute atomic E-state index is 0.446. The van der Waals surface area contributed by atoms with Gasteiger partial charge in [-0.3, -0.25) is 0 Å². The molecule has 0 aliphatic carbocycles. The normalized spacial score (nSPS) is 16.5. The summed E-state index contributed by atoms with van der Waals surface area (Å²) in [6, 6.07) is 24.6. The Morgan fingerprint density at radius 2 is 1.27 bits per heavy atom. The van der Waals surface area contributed by atoms with E-state index in [4.69, 9.17) is 4.74 Å². The standard InChI is InChI=1S/C20H16O2/c21-20-19-17(15-9-5-2-6-10-15)12-11-16(18(19)13-22-20)14-7-3-1-4-8-14/h1-12,20-21H,13H2/t20-/m1/s1. The second-order valence-corrected chi connectivity index (χ2v) is 5.45. The minimum Gasteiger partial charge on any atom is -0.364 e. The van der Waals surface area contributed by atoms with Crippen LogP contribution < -0.4 is 0 Å². The van der Waals surface area contributed by atoms with Crippen molar-refractivity contribution in [1.82, 2.24) is 0 Å². The van der Waals surface area contributed by atoms with E-state index in [1.807, 2.05) is 36.4 Å². The van der Waals surface area contributed by atoms with Gasteiger partial charge in [0, 0.05) is 5.56 Å². The molecule has 0 radical (unpaired) electrons. The number of hydrogen-bond acceptors (Lipinski definition) is 2. The summed E-state index contributed by atoms with van der Waals surface area (Å²) >= 11 is 0. The van der Waals surface area contributed by atoms with Crippen molar-refractivity contribution in [2.45, 2.75) is 12.9 Å². The highest BCUT2D eigenvalue weighted by atomic mass is 16.6. The topological polar surface area (TPSA) is 29.5 Å². The van der Waals surface area contributed by atoms with Crippen molar-refractivity contribution in [2.24, 2.45) is 0 Å². The van der Waals surface area contributed by atoms with E-state index < -0.39 is 6.29 Å². The van der Waals surface area contributed by atoms with Crippen LogP contribution in [-0.2, 0) is 11.3 Å².